The predicted molar refractivity (Wildman–Crippen MR) is 86.7 cm³/mol. The quantitative estimate of drug-likeness (QED) is 0.559. The van der Waals surface area contributed by atoms with Gasteiger partial charge in [0.05, 0.1) is 11.9 Å². The van der Waals surface area contributed by atoms with E-state index < -0.39 is 0 Å². The van der Waals surface area contributed by atoms with Crippen LogP contribution in [0.5, 0.6) is 0 Å². The average molecular weight is 307 g/mol. The largest absolute Gasteiger partial charge is 0.284 e. The van der Waals surface area contributed by atoms with E-state index in [0.717, 1.165) is 22.4 Å². The first kappa shape index (κ1) is 13.0. The van der Waals surface area contributed by atoms with Crippen LogP contribution in [0.2, 0.25) is 5.02 Å². The van der Waals surface area contributed by atoms with Gasteiger partial charge in [-0.3, -0.25) is 9.38 Å². The molecule has 4 nitrogen and oxygen atoms in total. The van der Waals surface area contributed by atoms with Gasteiger partial charge >= 0.3 is 0 Å². The van der Waals surface area contributed by atoms with Gasteiger partial charge in [0.15, 0.2) is 0 Å². The molecule has 0 unspecified atom stereocenters. The lowest BCUT2D eigenvalue weighted by Crippen LogP contribution is -1.90. The first-order valence-corrected chi connectivity index (χ1v) is 7.19. The summed E-state index contributed by atoms with van der Waals surface area (Å²) in [6.45, 7) is 0. The van der Waals surface area contributed by atoms with Gasteiger partial charge in [-0.25, -0.2) is 9.97 Å². The number of nitrogens with zero attached hydrogens (tertiary/aromatic N) is 4. The van der Waals surface area contributed by atoms with Crippen molar-refractivity contribution in [3.63, 3.8) is 0 Å². The van der Waals surface area contributed by atoms with Gasteiger partial charge in [0, 0.05) is 46.5 Å². The molecule has 0 aliphatic heterocycles. The summed E-state index contributed by atoms with van der Waals surface area (Å²) in [6.07, 6.45) is 9.05. The summed E-state index contributed by atoms with van der Waals surface area (Å²) in [5.41, 5.74) is 3.95. The van der Waals surface area contributed by atoms with Crippen LogP contribution in [-0.4, -0.2) is 19.4 Å². The lowest BCUT2D eigenvalue weighted by Gasteiger charge is -2.07. The zero-order valence-corrected chi connectivity index (χ0v) is 12.3. The zero-order chi connectivity index (χ0) is 14.9. The summed E-state index contributed by atoms with van der Waals surface area (Å²) >= 11 is 6.35. The standard InChI is InChI=1S/C17H11ClN4/c18-15-5-4-12(9-14(15)13-3-1-6-19-10-13)16-11-21-17-20-7-2-8-22(16)17/h1-11H. The maximum atomic E-state index is 6.35. The van der Waals surface area contributed by atoms with Crippen molar-refractivity contribution < 1.29 is 0 Å². The van der Waals surface area contributed by atoms with E-state index in [1.807, 2.05) is 47.1 Å². The van der Waals surface area contributed by atoms with Crippen molar-refractivity contribution in [2.45, 2.75) is 0 Å². The molecule has 0 saturated heterocycles. The molecule has 0 N–H and O–H groups in total. The Bertz CT molecular complexity index is 947. The van der Waals surface area contributed by atoms with E-state index in [4.69, 9.17) is 11.6 Å². The molecule has 4 aromatic rings. The Morgan fingerprint density at radius 3 is 2.73 bits per heavy atom. The SMILES string of the molecule is Clc1ccc(-c2cnc3ncccn23)cc1-c1cccnc1. The molecule has 22 heavy (non-hydrogen) atoms. The highest BCUT2D eigenvalue weighted by molar-refractivity contribution is 6.33. The van der Waals surface area contributed by atoms with Gasteiger partial charge in [-0.05, 0) is 24.3 Å². The number of fused-ring (bicyclic) bond motifs is 1. The maximum Gasteiger partial charge on any atom is 0.234 e. The molecule has 0 aliphatic rings. The Labute approximate surface area is 132 Å². The van der Waals surface area contributed by atoms with Crippen LogP contribution in [0.4, 0.5) is 0 Å². The Balaban J connectivity index is 1.90. The summed E-state index contributed by atoms with van der Waals surface area (Å²) < 4.78 is 1.95. The zero-order valence-electron chi connectivity index (χ0n) is 11.5. The highest BCUT2D eigenvalue weighted by Gasteiger charge is 2.10. The van der Waals surface area contributed by atoms with Gasteiger partial charge in [-0.2, -0.15) is 0 Å². The average Bonchev–Trinajstić information content (AvgIpc) is 3.00. The Morgan fingerprint density at radius 1 is 0.909 bits per heavy atom. The van der Waals surface area contributed by atoms with Crippen molar-refractivity contribution in [1.82, 2.24) is 19.4 Å². The first-order chi connectivity index (χ1) is 10.8. The molecule has 0 spiro atoms. The third-order valence-corrected chi connectivity index (χ3v) is 3.85. The van der Waals surface area contributed by atoms with Crippen molar-refractivity contribution in [2.75, 3.05) is 0 Å². The van der Waals surface area contributed by atoms with Gasteiger partial charge in [0.25, 0.3) is 0 Å². The number of halogens is 1. The highest BCUT2D eigenvalue weighted by atomic mass is 35.5. The fourth-order valence-corrected chi connectivity index (χ4v) is 2.70. The fourth-order valence-electron chi connectivity index (χ4n) is 2.47. The molecular weight excluding hydrogens is 296 g/mol. The van der Waals surface area contributed by atoms with Crippen LogP contribution in [-0.2, 0) is 0 Å². The van der Waals surface area contributed by atoms with Gasteiger partial charge in [0.1, 0.15) is 0 Å². The van der Waals surface area contributed by atoms with Gasteiger partial charge in [-0.15, -0.1) is 0 Å². The number of pyridine rings is 1. The molecule has 0 bridgehead atoms. The van der Waals surface area contributed by atoms with Crippen molar-refractivity contribution in [1.29, 1.82) is 0 Å². The first-order valence-electron chi connectivity index (χ1n) is 6.81. The van der Waals surface area contributed by atoms with E-state index in [1.165, 1.54) is 0 Å². The van der Waals surface area contributed by atoms with Crippen molar-refractivity contribution in [2.24, 2.45) is 0 Å². The summed E-state index contributed by atoms with van der Waals surface area (Å²) in [6, 6.07) is 11.7. The second-order valence-electron chi connectivity index (χ2n) is 4.87. The van der Waals surface area contributed by atoms with E-state index in [-0.39, 0.29) is 0 Å². The number of aromatic nitrogens is 4. The van der Waals surface area contributed by atoms with Gasteiger partial charge in [0.2, 0.25) is 5.78 Å². The Morgan fingerprint density at radius 2 is 1.86 bits per heavy atom. The molecule has 0 aliphatic carbocycles. The molecule has 0 saturated carbocycles. The minimum Gasteiger partial charge on any atom is -0.284 e. The molecule has 0 atom stereocenters. The Hall–Kier alpha value is -2.72. The van der Waals surface area contributed by atoms with Crippen LogP contribution >= 0.6 is 11.6 Å². The molecule has 0 amide bonds. The molecule has 3 aromatic heterocycles. The van der Waals surface area contributed by atoms with E-state index in [2.05, 4.69) is 21.0 Å². The van der Waals surface area contributed by atoms with Crippen LogP contribution in [0.25, 0.3) is 28.2 Å². The lowest BCUT2D eigenvalue weighted by atomic mass is 10.0. The number of imidazole rings is 1. The number of rotatable bonds is 2. The minimum absolute atomic E-state index is 0.676. The third kappa shape index (κ3) is 2.14. The van der Waals surface area contributed by atoms with E-state index in [1.54, 1.807) is 18.6 Å². The van der Waals surface area contributed by atoms with Crippen LogP contribution in [0.3, 0.4) is 0 Å². The second-order valence-corrected chi connectivity index (χ2v) is 5.28. The third-order valence-electron chi connectivity index (χ3n) is 3.52. The Kier molecular flexibility index (Phi) is 3.09. The van der Waals surface area contributed by atoms with Crippen LogP contribution in [0.15, 0.2) is 67.4 Å². The van der Waals surface area contributed by atoms with Crippen LogP contribution in [0.1, 0.15) is 0 Å². The monoisotopic (exact) mass is 306 g/mol. The number of benzene rings is 1. The molecule has 3 heterocycles. The molecule has 106 valence electrons. The van der Waals surface area contributed by atoms with E-state index in [9.17, 15) is 0 Å². The predicted octanol–water partition coefficient (Wildman–Crippen LogP) is 4.11. The van der Waals surface area contributed by atoms with Crippen molar-refractivity contribution >= 4 is 17.4 Å². The van der Waals surface area contributed by atoms with Crippen LogP contribution in [0, 0.1) is 0 Å². The van der Waals surface area contributed by atoms with Crippen molar-refractivity contribution in [3.8, 4) is 22.4 Å². The van der Waals surface area contributed by atoms with E-state index in [0.29, 0.717) is 10.8 Å². The molecule has 0 radical (unpaired) electrons. The summed E-state index contributed by atoms with van der Waals surface area (Å²) in [4.78, 5) is 12.7. The summed E-state index contributed by atoms with van der Waals surface area (Å²) in [5.74, 6) is 0.676. The minimum atomic E-state index is 0.676. The normalized spacial score (nSPS) is 11.0. The molecule has 4 rings (SSSR count). The fraction of sp³-hybridized carbons (Fsp3) is 0. The molecular formula is C17H11ClN4. The molecule has 0 fully saturated rings. The summed E-state index contributed by atoms with van der Waals surface area (Å²) in [5, 5.41) is 0.698. The number of hydrogen-bond acceptors (Lipinski definition) is 3. The van der Waals surface area contributed by atoms with E-state index >= 15 is 0 Å². The summed E-state index contributed by atoms with van der Waals surface area (Å²) in [7, 11) is 0. The lowest BCUT2D eigenvalue weighted by molar-refractivity contribution is 1.11. The molecule has 5 heteroatoms. The van der Waals surface area contributed by atoms with Gasteiger partial charge in [-0.1, -0.05) is 23.7 Å². The van der Waals surface area contributed by atoms with Crippen LogP contribution < -0.4 is 0 Å². The maximum absolute atomic E-state index is 6.35. The molecule has 1 aromatic carbocycles. The van der Waals surface area contributed by atoms with Crippen molar-refractivity contribution in [3.05, 3.63) is 72.4 Å². The van der Waals surface area contributed by atoms with Gasteiger partial charge < -0.3 is 0 Å². The highest BCUT2D eigenvalue weighted by Crippen LogP contribution is 2.32. The number of hydrogen-bond donors (Lipinski definition) is 0. The topological polar surface area (TPSA) is 43.1 Å². The smallest absolute Gasteiger partial charge is 0.234 e. The second kappa shape index (κ2) is 5.24.